The number of esters is 1. The molecule has 1 heterocycles. The first-order valence-corrected chi connectivity index (χ1v) is 7.57. The SMILES string of the molecule is COC(=O)[C@@](O)(c1ccccc1)[C@H]1C(OC)OC(C)(C)N1C(C)=O. The molecule has 0 saturated carbocycles. The van der Waals surface area contributed by atoms with Crippen molar-refractivity contribution in [2.75, 3.05) is 14.2 Å². The molecular weight excluding hydrogens is 314 g/mol. The Morgan fingerprint density at radius 2 is 1.83 bits per heavy atom. The van der Waals surface area contributed by atoms with Gasteiger partial charge >= 0.3 is 5.97 Å². The van der Waals surface area contributed by atoms with Crippen LogP contribution in [0, 0.1) is 0 Å². The van der Waals surface area contributed by atoms with Gasteiger partial charge in [-0.15, -0.1) is 0 Å². The number of carbonyl (C=O) groups excluding carboxylic acids is 2. The summed E-state index contributed by atoms with van der Waals surface area (Å²) in [5, 5.41) is 11.4. The number of benzene rings is 1. The molecule has 132 valence electrons. The zero-order chi connectivity index (χ0) is 18.1. The predicted molar refractivity (Wildman–Crippen MR) is 84.6 cm³/mol. The lowest BCUT2D eigenvalue weighted by molar-refractivity contribution is -0.187. The third-order valence-electron chi connectivity index (χ3n) is 4.23. The number of hydrogen-bond acceptors (Lipinski definition) is 6. The van der Waals surface area contributed by atoms with E-state index in [0.717, 1.165) is 0 Å². The first-order chi connectivity index (χ1) is 11.2. The molecule has 1 aliphatic rings. The van der Waals surface area contributed by atoms with Crippen LogP contribution >= 0.6 is 0 Å². The molecule has 1 N–H and O–H groups in total. The van der Waals surface area contributed by atoms with Gasteiger partial charge in [0.1, 0.15) is 11.8 Å². The summed E-state index contributed by atoms with van der Waals surface area (Å²) >= 11 is 0. The summed E-state index contributed by atoms with van der Waals surface area (Å²) in [5.41, 5.74) is -2.92. The standard InChI is InChI=1S/C17H23NO6/c1-11(19)18-13(14(22-4)24-16(18,2)3)17(21,15(20)23-5)12-9-7-6-8-10-12/h6-10,13-14,21H,1-5H3/t13-,14?,17-/m1/s1. The summed E-state index contributed by atoms with van der Waals surface area (Å²) in [5.74, 6) is -1.25. The van der Waals surface area contributed by atoms with E-state index in [1.54, 1.807) is 44.2 Å². The minimum absolute atomic E-state index is 0.288. The molecule has 7 heteroatoms. The van der Waals surface area contributed by atoms with Gasteiger partial charge in [0.15, 0.2) is 6.29 Å². The Hall–Kier alpha value is -1.96. The number of hydrogen-bond donors (Lipinski definition) is 1. The lowest BCUT2D eigenvalue weighted by Crippen LogP contribution is -2.60. The molecule has 1 amide bonds. The summed E-state index contributed by atoms with van der Waals surface area (Å²) in [6.07, 6.45) is -1.01. The molecular formula is C17H23NO6. The molecule has 0 bridgehead atoms. The minimum atomic E-state index is -2.14. The zero-order valence-corrected chi connectivity index (χ0v) is 14.5. The molecule has 1 aliphatic heterocycles. The lowest BCUT2D eigenvalue weighted by Gasteiger charge is -2.40. The maximum Gasteiger partial charge on any atom is 0.345 e. The topological polar surface area (TPSA) is 85.3 Å². The first kappa shape index (κ1) is 18.4. The van der Waals surface area contributed by atoms with Gasteiger partial charge in [-0.05, 0) is 19.4 Å². The average molecular weight is 337 g/mol. The molecule has 3 atom stereocenters. The molecule has 1 fully saturated rings. The first-order valence-electron chi connectivity index (χ1n) is 7.57. The van der Waals surface area contributed by atoms with Gasteiger partial charge in [-0.25, -0.2) is 4.79 Å². The second-order valence-electron chi connectivity index (χ2n) is 6.13. The highest BCUT2D eigenvalue weighted by molar-refractivity contribution is 5.84. The van der Waals surface area contributed by atoms with Gasteiger partial charge in [-0.2, -0.15) is 0 Å². The van der Waals surface area contributed by atoms with Crippen molar-refractivity contribution < 1.29 is 28.9 Å². The summed E-state index contributed by atoms with van der Waals surface area (Å²) in [6.45, 7) is 4.69. The smallest absolute Gasteiger partial charge is 0.345 e. The number of rotatable bonds is 4. The van der Waals surface area contributed by atoms with E-state index >= 15 is 0 Å². The van der Waals surface area contributed by atoms with Crippen LogP contribution in [0.5, 0.6) is 0 Å². The van der Waals surface area contributed by atoms with Crippen LogP contribution in [-0.4, -0.2) is 54.2 Å². The molecule has 24 heavy (non-hydrogen) atoms. The van der Waals surface area contributed by atoms with Crippen molar-refractivity contribution in [3.8, 4) is 0 Å². The highest BCUT2D eigenvalue weighted by Crippen LogP contribution is 2.42. The quantitative estimate of drug-likeness (QED) is 0.825. The van der Waals surface area contributed by atoms with E-state index in [9.17, 15) is 14.7 Å². The van der Waals surface area contributed by atoms with Gasteiger partial charge in [0, 0.05) is 14.0 Å². The van der Waals surface area contributed by atoms with Crippen LogP contribution in [0.15, 0.2) is 30.3 Å². The van der Waals surface area contributed by atoms with Crippen molar-refractivity contribution in [1.82, 2.24) is 4.90 Å². The molecule has 7 nitrogen and oxygen atoms in total. The Morgan fingerprint density at radius 3 is 2.29 bits per heavy atom. The maximum absolute atomic E-state index is 12.5. The second-order valence-corrected chi connectivity index (χ2v) is 6.13. The van der Waals surface area contributed by atoms with Crippen molar-refractivity contribution in [3.63, 3.8) is 0 Å². The van der Waals surface area contributed by atoms with Gasteiger partial charge in [-0.3, -0.25) is 4.79 Å². The van der Waals surface area contributed by atoms with E-state index in [1.807, 2.05) is 0 Å². The fourth-order valence-corrected chi connectivity index (χ4v) is 3.26. The fourth-order valence-electron chi connectivity index (χ4n) is 3.26. The van der Waals surface area contributed by atoms with Crippen LogP contribution in [0.1, 0.15) is 26.3 Å². The van der Waals surface area contributed by atoms with Crippen LogP contribution in [0.25, 0.3) is 0 Å². The third-order valence-corrected chi connectivity index (χ3v) is 4.23. The number of ether oxygens (including phenoxy) is 3. The number of aliphatic hydroxyl groups is 1. The molecule has 0 spiro atoms. The van der Waals surface area contributed by atoms with E-state index in [1.165, 1.54) is 26.0 Å². The van der Waals surface area contributed by atoms with Crippen molar-refractivity contribution in [1.29, 1.82) is 0 Å². The molecule has 1 unspecified atom stereocenters. The molecule has 1 aromatic carbocycles. The Bertz CT molecular complexity index is 617. The molecule has 0 aliphatic carbocycles. The van der Waals surface area contributed by atoms with Crippen molar-refractivity contribution in [3.05, 3.63) is 35.9 Å². The Morgan fingerprint density at radius 1 is 1.25 bits per heavy atom. The average Bonchev–Trinajstić information content (AvgIpc) is 2.85. The van der Waals surface area contributed by atoms with Gasteiger partial charge in [0.25, 0.3) is 0 Å². The summed E-state index contributed by atoms with van der Waals surface area (Å²) in [4.78, 5) is 26.1. The Labute approximate surface area is 141 Å². The van der Waals surface area contributed by atoms with Gasteiger partial charge in [0.05, 0.1) is 7.11 Å². The van der Waals surface area contributed by atoms with Crippen LogP contribution in [0.4, 0.5) is 0 Å². The van der Waals surface area contributed by atoms with Crippen LogP contribution in [0.2, 0.25) is 0 Å². The van der Waals surface area contributed by atoms with E-state index in [-0.39, 0.29) is 11.5 Å². The second kappa shape index (κ2) is 6.51. The Kier molecular flexibility index (Phi) is 4.98. The highest BCUT2D eigenvalue weighted by Gasteiger charge is 2.62. The highest BCUT2D eigenvalue weighted by atomic mass is 16.7. The van der Waals surface area contributed by atoms with Crippen LogP contribution in [0.3, 0.4) is 0 Å². The van der Waals surface area contributed by atoms with E-state index in [0.29, 0.717) is 0 Å². The van der Waals surface area contributed by atoms with Gasteiger partial charge in [0.2, 0.25) is 11.5 Å². The molecule has 2 rings (SSSR count). The largest absolute Gasteiger partial charge is 0.467 e. The number of carbonyl (C=O) groups is 2. The minimum Gasteiger partial charge on any atom is -0.467 e. The molecule has 0 aromatic heterocycles. The van der Waals surface area contributed by atoms with Gasteiger partial charge < -0.3 is 24.2 Å². The van der Waals surface area contributed by atoms with Crippen LogP contribution < -0.4 is 0 Å². The lowest BCUT2D eigenvalue weighted by atomic mass is 9.84. The molecule has 0 radical (unpaired) electrons. The number of amides is 1. The van der Waals surface area contributed by atoms with Crippen molar-refractivity contribution >= 4 is 11.9 Å². The van der Waals surface area contributed by atoms with E-state index < -0.39 is 29.6 Å². The summed E-state index contributed by atoms with van der Waals surface area (Å²) < 4.78 is 15.9. The number of methoxy groups -OCH3 is 2. The maximum atomic E-state index is 12.5. The number of nitrogens with zero attached hydrogens (tertiary/aromatic N) is 1. The van der Waals surface area contributed by atoms with Crippen molar-refractivity contribution in [2.45, 2.75) is 44.4 Å². The zero-order valence-electron chi connectivity index (χ0n) is 14.5. The van der Waals surface area contributed by atoms with E-state index in [2.05, 4.69) is 0 Å². The summed E-state index contributed by atoms with van der Waals surface area (Å²) in [6, 6.07) is 7.20. The third kappa shape index (κ3) is 2.79. The predicted octanol–water partition coefficient (Wildman–Crippen LogP) is 1.00. The normalized spacial score (nSPS) is 25.2. The summed E-state index contributed by atoms with van der Waals surface area (Å²) in [7, 11) is 2.57. The van der Waals surface area contributed by atoms with E-state index in [4.69, 9.17) is 14.2 Å². The van der Waals surface area contributed by atoms with Crippen molar-refractivity contribution in [2.24, 2.45) is 0 Å². The fraction of sp³-hybridized carbons (Fsp3) is 0.529. The Balaban J connectivity index is 2.67. The monoisotopic (exact) mass is 337 g/mol. The molecule has 1 aromatic rings. The van der Waals surface area contributed by atoms with Crippen LogP contribution in [-0.2, 0) is 29.4 Å². The van der Waals surface area contributed by atoms with Gasteiger partial charge in [-0.1, -0.05) is 30.3 Å². The molecule has 1 saturated heterocycles.